The Bertz CT molecular complexity index is 1060. The molecule has 0 aliphatic carbocycles. The Morgan fingerprint density at radius 1 is 0.724 bits per heavy atom. The molecule has 5 rings (SSSR count). The van der Waals surface area contributed by atoms with Crippen molar-refractivity contribution in [2.24, 2.45) is 9.98 Å². The molecule has 0 amide bonds. The fourth-order valence-corrected chi connectivity index (χ4v) is 3.65. The minimum absolute atomic E-state index is 0.0281. The number of benzene rings is 2. The molecule has 0 saturated carbocycles. The second-order valence-electron chi connectivity index (χ2n) is 7.20. The van der Waals surface area contributed by atoms with E-state index in [-0.39, 0.29) is 18.2 Å². The fourth-order valence-electron chi connectivity index (χ4n) is 3.65. The van der Waals surface area contributed by atoms with Crippen molar-refractivity contribution in [3.8, 4) is 0 Å². The number of ether oxygens (including phenoxy) is 2. The minimum Gasteiger partial charge on any atom is -0.466 e. The maximum absolute atomic E-state index is 6.16. The molecule has 0 radical (unpaired) electrons. The molecule has 3 heterocycles. The van der Waals surface area contributed by atoms with Crippen molar-refractivity contribution in [3.63, 3.8) is 0 Å². The van der Waals surface area contributed by atoms with Gasteiger partial charge in [-0.25, -0.2) is 15.0 Å². The molecule has 5 nitrogen and oxygen atoms in total. The highest BCUT2D eigenvalue weighted by atomic mass is 16.5. The highest BCUT2D eigenvalue weighted by molar-refractivity contribution is 5.97. The van der Waals surface area contributed by atoms with E-state index in [4.69, 9.17) is 19.5 Å². The number of hydrogen-bond acceptors (Lipinski definition) is 5. The summed E-state index contributed by atoms with van der Waals surface area (Å²) in [6, 6.07) is 26.1. The van der Waals surface area contributed by atoms with E-state index in [1.165, 1.54) is 0 Å². The highest BCUT2D eigenvalue weighted by Crippen LogP contribution is 2.30. The Labute approximate surface area is 169 Å². The van der Waals surface area contributed by atoms with E-state index in [1.807, 2.05) is 54.6 Å². The molecule has 3 aromatic rings. The second-order valence-corrected chi connectivity index (χ2v) is 7.20. The number of hydrogen-bond donors (Lipinski definition) is 0. The summed E-state index contributed by atoms with van der Waals surface area (Å²) in [4.78, 5) is 14.0. The summed E-state index contributed by atoms with van der Waals surface area (Å²) < 4.78 is 12.2. The summed E-state index contributed by atoms with van der Waals surface area (Å²) in [5.41, 5.74) is 3.62. The minimum atomic E-state index is -0.0980. The van der Waals surface area contributed by atoms with E-state index in [9.17, 15) is 0 Å². The molecule has 0 fully saturated rings. The predicted molar refractivity (Wildman–Crippen MR) is 112 cm³/mol. The topological polar surface area (TPSA) is 56.1 Å². The zero-order valence-electron chi connectivity index (χ0n) is 16.1. The predicted octanol–water partition coefficient (Wildman–Crippen LogP) is 4.51. The zero-order valence-corrected chi connectivity index (χ0v) is 16.1. The van der Waals surface area contributed by atoms with Gasteiger partial charge < -0.3 is 9.47 Å². The molecule has 144 valence electrons. The van der Waals surface area contributed by atoms with Crippen molar-refractivity contribution in [2.75, 3.05) is 6.54 Å². The third-order valence-corrected chi connectivity index (χ3v) is 5.14. The first-order valence-corrected chi connectivity index (χ1v) is 9.81. The van der Waals surface area contributed by atoms with Crippen LogP contribution in [-0.4, -0.2) is 29.4 Å². The van der Waals surface area contributed by atoms with Crippen LogP contribution in [0.1, 0.15) is 41.6 Å². The first kappa shape index (κ1) is 17.6. The van der Waals surface area contributed by atoms with Crippen molar-refractivity contribution < 1.29 is 9.47 Å². The van der Waals surface area contributed by atoms with E-state index < -0.39 is 0 Å². The molecule has 3 atom stereocenters. The summed E-state index contributed by atoms with van der Waals surface area (Å²) in [7, 11) is 0. The van der Waals surface area contributed by atoms with Gasteiger partial charge in [0.25, 0.3) is 0 Å². The van der Waals surface area contributed by atoms with Crippen molar-refractivity contribution >= 4 is 11.8 Å². The third kappa shape index (κ3) is 3.51. The molecule has 0 spiro atoms. The van der Waals surface area contributed by atoms with E-state index in [1.54, 1.807) is 0 Å². The first-order chi connectivity index (χ1) is 14.3. The molecule has 29 heavy (non-hydrogen) atoms. The maximum Gasteiger partial charge on any atom is 0.236 e. The van der Waals surface area contributed by atoms with Crippen molar-refractivity contribution in [3.05, 3.63) is 101 Å². The zero-order chi connectivity index (χ0) is 19.6. The largest absolute Gasteiger partial charge is 0.466 e. The van der Waals surface area contributed by atoms with Gasteiger partial charge in [-0.2, -0.15) is 0 Å². The van der Waals surface area contributed by atoms with Gasteiger partial charge in [0.1, 0.15) is 23.6 Å². The van der Waals surface area contributed by atoms with E-state index in [0.717, 1.165) is 11.1 Å². The van der Waals surface area contributed by atoms with Gasteiger partial charge in [0, 0.05) is 0 Å². The number of aromatic nitrogens is 1. The van der Waals surface area contributed by atoms with Gasteiger partial charge in [-0.15, -0.1) is 0 Å². The molecule has 2 unspecified atom stereocenters. The van der Waals surface area contributed by atoms with Crippen molar-refractivity contribution in [1.82, 2.24) is 4.98 Å². The Morgan fingerprint density at radius 2 is 1.38 bits per heavy atom. The molecular formula is C24H21N3O2. The van der Waals surface area contributed by atoms with Crippen molar-refractivity contribution in [1.29, 1.82) is 0 Å². The van der Waals surface area contributed by atoms with Crippen LogP contribution in [0.3, 0.4) is 0 Å². The summed E-state index contributed by atoms with van der Waals surface area (Å²) in [5.74, 6) is 1.12. The van der Waals surface area contributed by atoms with Crippen molar-refractivity contribution in [2.45, 2.75) is 25.2 Å². The number of rotatable bonds is 4. The molecule has 0 N–H and O–H groups in total. The molecule has 2 aliphatic heterocycles. The van der Waals surface area contributed by atoms with Crippen LogP contribution in [0.25, 0.3) is 0 Å². The molecule has 0 bridgehead atoms. The second kappa shape index (κ2) is 7.51. The summed E-state index contributed by atoms with van der Waals surface area (Å²) >= 11 is 0. The van der Waals surface area contributed by atoms with Gasteiger partial charge in [0.05, 0.1) is 12.6 Å². The number of pyridine rings is 1. The van der Waals surface area contributed by atoms with Crippen LogP contribution in [0.15, 0.2) is 88.8 Å². The average Bonchev–Trinajstić information content (AvgIpc) is 3.42. The number of nitrogens with zero attached hydrogens (tertiary/aromatic N) is 3. The lowest BCUT2D eigenvalue weighted by Crippen LogP contribution is -2.13. The van der Waals surface area contributed by atoms with Gasteiger partial charge in [0.2, 0.25) is 11.8 Å². The van der Waals surface area contributed by atoms with Crippen LogP contribution in [0.5, 0.6) is 0 Å². The SMILES string of the molecule is CC1N=C(c2cccc(C3=NCC(c4ccccc4)O3)n2)O[C@H]1c1ccccc1. The average molecular weight is 383 g/mol. The normalized spacial score (nSPS) is 23.1. The fraction of sp³-hybridized carbons (Fsp3) is 0.208. The van der Waals surface area contributed by atoms with Gasteiger partial charge in [-0.3, -0.25) is 0 Å². The number of aliphatic imine (C=N–C) groups is 2. The molecule has 1 aromatic heterocycles. The summed E-state index contributed by atoms with van der Waals surface area (Å²) in [5, 5.41) is 0. The van der Waals surface area contributed by atoms with E-state index >= 15 is 0 Å². The third-order valence-electron chi connectivity index (χ3n) is 5.14. The molecular weight excluding hydrogens is 362 g/mol. The monoisotopic (exact) mass is 383 g/mol. The van der Waals surface area contributed by atoms with Crippen LogP contribution in [-0.2, 0) is 9.47 Å². The molecule has 0 saturated heterocycles. The molecule has 5 heteroatoms. The Hall–Kier alpha value is -3.47. The first-order valence-electron chi connectivity index (χ1n) is 9.81. The Balaban J connectivity index is 1.34. The summed E-state index contributed by atoms with van der Waals surface area (Å²) in [6.45, 7) is 2.65. The quantitative estimate of drug-likeness (QED) is 0.666. The Kier molecular flexibility index (Phi) is 4.56. The van der Waals surface area contributed by atoms with E-state index in [0.29, 0.717) is 29.7 Å². The van der Waals surface area contributed by atoms with Gasteiger partial charge in [-0.1, -0.05) is 66.7 Å². The molecule has 2 aliphatic rings. The van der Waals surface area contributed by atoms with Gasteiger partial charge >= 0.3 is 0 Å². The standard InChI is InChI=1S/C24H21N3O2/c1-16-22(18-11-6-3-7-12-18)29-24(26-16)20-14-8-13-19(27-20)23-25-15-21(28-23)17-9-4-2-5-10-17/h2-14,16,21-22H,15H2,1H3/t16?,21?,22-/m1/s1. The van der Waals surface area contributed by atoms with Crippen LogP contribution in [0.4, 0.5) is 0 Å². The lowest BCUT2D eigenvalue weighted by molar-refractivity contribution is 0.202. The highest BCUT2D eigenvalue weighted by Gasteiger charge is 2.31. The summed E-state index contributed by atoms with van der Waals surface area (Å²) in [6.07, 6.45) is -0.168. The maximum atomic E-state index is 6.16. The molecule has 2 aromatic carbocycles. The lowest BCUT2D eigenvalue weighted by atomic mass is 10.0. The van der Waals surface area contributed by atoms with Crippen LogP contribution < -0.4 is 0 Å². The van der Waals surface area contributed by atoms with Crippen LogP contribution >= 0.6 is 0 Å². The van der Waals surface area contributed by atoms with Gasteiger partial charge in [-0.05, 0) is 30.2 Å². The van der Waals surface area contributed by atoms with Gasteiger partial charge in [0.15, 0.2) is 0 Å². The van der Waals surface area contributed by atoms with Crippen LogP contribution in [0.2, 0.25) is 0 Å². The smallest absolute Gasteiger partial charge is 0.236 e. The Morgan fingerprint density at radius 3 is 2.10 bits per heavy atom. The van der Waals surface area contributed by atoms with Crippen LogP contribution in [0, 0.1) is 0 Å². The lowest BCUT2D eigenvalue weighted by Gasteiger charge is -2.15. The van der Waals surface area contributed by atoms with E-state index in [2.05, 4.69) is 36.2 Å².